The van der Waals surface area contributed by atoms with Crippen LogP contribution in [0.25, 0.3) is 0 Å². The molecule has 1 aromatic carbocycles. The topological polar surface area (TPSA) is 65.2 Å². The Hall–Kier alpha value is -2.56. The maximum atomic E-state index is 13.1. The molecular formula is C24H33N3O2. The Morgan fingerprint density at radius 3 is 2.55 bits per heavy atom. The highest BCUT2D eigenvalue weighted by atomic mass is 16.1. The predicted molar refractivity (Wildman–Crippen MR) is 119 cm³/mol. The minimum absolute atomic E-state index is 0.130. The number of nitrogens with one attached hydrogen (secondary N) is 2. The van der Waals surface area contributed by atoms with E-state index in [-0.39, 0.29) is 23.9 Å². The van der Waals surface area contributed by atoms with Crippen molar-refractivity contribution >= 4 is 11.6 Å². The summed E-state index contributed by atoms with van der Waals surface area (Å²) in [5, 5.41) is 2.97. The zero-order valence-electron chi connectivity index (χ0n) is 18.3. The van der Waals surface area contributed by atoms with Crippen LogP contribution in [0, 0.1) is 13.8 Å². The van der Waals surface area contributed by atoms with Crippen LogP contribution in [0.1, 0.15) is 78.2 Å². The minimum Gasteiger partial charge on any atom is -0.371 e. The molecule has 0 spiro atoms. The van der Waals surface area contributed by atoms with E-state index in [0.717, 1.165) is 22.5 Å². The number of nitrogens with zero attached hydrogens (tertiary/aromatic N) is 1. The highest BCUT2D eigenvalue weighted by Crippen LogP contribution is 2.34. The fourth-order valence-corrected chi connectivity index (χ4v) is 4.52. The number of H-pyrrole nitrogens is 1. The summed E-state index contributed by atoms with van der Waals surface area (Å²) in [6, 6.07) is 8.45. The van der Waals surface area contributed by atoms with E-state index in [9.17, 15) is 9.59 Å². The lowest BCUT2D eigenvalue weighted by molar-refractivity contribution is 0.0949. The van der Waals surface area contributed by atoms with E-state index in [1.807, 2.05) is 32.0 Å². The van der Waals surface area contributed by atoms with Crippen molar-refractivity contribution in [3.63, 3.8) is 0 Å². The number of benzene rings is 1. The van der Waals surface area contributed by atoms with Crippen molar-refractivity contribution in [2.75, 3.05) is 11.9 Å². The van der Waals surface area contributed by atoms with Gasteiger partial charge in [0.2, 0.25) is 0 Å². The number of amides is 1. The van der Waals surface area contributed by atoms with Crippen molar-refractivity contribution in [3.8, 4) is 0 Å². The van der Waals surface area contributed by atoms with Crippen LogP contribution in [0.4, 0.5) is 5.69 Å². The van der Waals surface area contributed by atoms with Crippen molar-refractivity contribution in [1.82, 2.24) is 10.3 Å². The van der Waals surface area contributed by atoms with E-state index in [1.54, 1.807) is 0 Å². The Kier molecular flexibility index (Phi) is 6.46. The molecule has 1 aliphatic rings. The molecule has 1 fully saturated rings. The van der Waals surface area contributed by atoms with Crippen LogP contribution in [0.15, 0.2) is 29.1 Å². The molecule has 3 rings (SSSR count). The van der Waals surface area contributed by atoms with Gasteiger partial charge in [-0.05, 0) is 61.9 Å². The molecule has 0 bridgehead atoms. The zero-order valence-corrected chi connectivity index (χ0v) is 18.3. The van der Waals surface area contributed by atoms with Gasteiger partial charge in [0.1, 0.15) is 0 Å². The average Bonchev–Trinajstić information content (AvgIpc) is 3.20. The van der Waals surface area contributed by atoms with Crippen LogP contribution >= 0.6 is 0 Å². The van der Waals surface area contributed by atoms with Crippen LogP contribution in [0.5, 0.6) is 0 Å². The first kappa shape index (κ1) is 21.2. The van der Waals surface area contributed by atoms with Crippen molar-refractivity contribution in [1.29, 1.82) is 0 Å². The molecule has 1 saturated carbocycles. The summed E-state index contributed by atoms with van der Waals surface area (Å²) in [6.07, 6.45) is 4.97. The van der Waals surface area contributed by atoms with Crippen LogP contribution in [0.3, 0.4) is 0 Å². The number of aryl methyl sites for hydroxylation is 2. The molecule has 2 aromatic rings. The van der Waals surface area contributed by atoms with Crippen LogP contribution in [-0.4, -0.2) is 24.0 Å². The fraction of sp³-hybridized carbons (Fsp3) is 0.500. The second kappa shape index (κ2) is 8.85. The first-order valence-corrected chi connectivity index (χ1v) is 10.6. The first-order chi connectivity index (χ1) is 13.8. The first-order valence-electron chi connectivity index (χ1n) is 10.6. The van der Waals surface area contributed by atoms with E-state index >= 15 is 0 Å². The van der Waals surface area contributed by atoms with E-state index < -0.39 is 0 Å². The summed E-state index contributed by atoms with van der Waals surface area (Å²) < 4.78 is 0. The average molecular weight is 396 g/mol. The monoisotopic (exact) mass is 395 g/mol. The summed E-state index contributed by atoms with van der Waals surface area (Å²) >= 11 is 0. The lowest BCUT2D eigenvalue weighted by Gasteiger charge is -2.31. The van der Waals surface area contributed by atoms with Gasteiger partial charge in [-0.25, -0.2) is 0 Å². The summed E-state index contributed by atoms with van der Waals surface area (Å²) in [6.45, 7) is 8.25. The number of carbonyl (C=O) groups is 1. The molecule has 0 atom stereocenters. The molecule has 5 heteroatoms. The number of rotatable bonds is 6. The standard InChI is InChI=1S/C24H33N3O2/c1-15(2)22-19(11-8-12-21(22)27(5)18-9-6-7-10-18)23(28)25-14-20-16(3)13-17(4)26-24(20)29/h8,11-13,15,18H,6-7,9-10,14H2,1-5H3,(H,25,28)(H,26,29). The van der Waals surface area contributed by atoms with Gasteiger partial charge in [0.15, 0.2) is 0 Å². The maximum absolute atomic E-state index is 13.1. The van der Waals surface area contributed by atoms with Gasteiger partial charge in [-0.1, -0.05) is 32.8 Å². The maximum Gasteiger partial charge on any atom is 0.253 e. The molecule has 1 aromatic heterocycles. The molecule has 0 radical (unpaired) electrons. The van der Waals surface area contributed by atoms with Gasteiger partial charge in [-0.15, -0.1) is 0 Å². The Balaban J connectivity index is 1.87. The molecule has 0 aliphatic heterocycles. The van der Waals surface area contributed by atoms with Gasteiger partial charge in [0.25, 0.3) is 11.5 Å². The van der Waals surface area contributed by atoms with Crippen LogP contribution in [-0.2, 0) is 6.54 Å². The number of aromatic amines is 1. The summed E-state index contributed by atoms with van der Waals surface area (Å²) in [4.78, 5) is 30.5. The van der Waals surface area contributed by atoms with Crippen LogP contribution < -0.4 is 15.8 Å². The number of aromatic nitrogens is 1. The van der Waals surface area contributed by atoms with Gasteiger partial charge in [0, 0.05) is 42.1 Å². The highest BCUT2D eigenvalue weighted by Gasteiger charge is 2.25. The van der Waals surface area contributed by atoms with E-state index in [1.165, 1.54) is 25.7 Å². The van der Waals surface area contributed by atoms with E-state index in [4.69, 9.17) is 0 Å². The van der Waals surface area contributed by atoms with Gasteiger partial charge < -0.3 is 15.2 Å². The van der Waals surface area contributed by atoms with E-state index in [0.29, 0.717) is 17.2 Å². The number of carbonyl (C=O) groups excluding carboxylic acids is 1. The fourth-order valence-electron chi connectivity index (χ4n) is 4.52. The third-order valence-electron chi connectivity index (χ3n) is 6.08. The molecule has 5 nitrogen and oxygen atoms in total. The Morgan fingerprint density at radius 1 is 1.24 bits per heavy atom. The van der Waals surface area contributed by atoms with Gasteiger partial charge in [-0.3, -0.25) is 9.59 Å². The second-order valence-corrected chi connectivity index (χ2v) is 8.57. The third kappa shape index (κ3) is 4.55. The summed E-state index contributed by atoms with van der Waals surface area (Å²) in [5.74, 6) is 0.0927. The van der Waals surface area contributed by atoms with Crippen molar-refractivity contribution < 1.29 is 4.79 Å². The summed E-state index contributed by atoms with van der Waals surface area (Å²) in [7, 11) is 2.15. The van der Waals surface area contributed by atoms with Crippen molar-refractivity contribution in [2.24, 2.45) is 0 Å². The van der Waals surface area contributed by atoms with Crippen molar-refractivity contribution in [2.45, 2.75) is 71.9 Å². The lowest BCUT2D eigenvalue weighted by Crippen LogP contribution is -2.32. The van der Waals surface area contributed by atoms with Gasteiger partial charge >= 0.3 is 0 Å². The zero-order chi connectivity index (χ0) is 21.1. The number of hydrogen-bond donors (Lipinski definition) is 2. The highest BCUT2D eigenvalue weighted by molar-refractivity contribution is 5.97. The van der Waals surface area contributed by atoms with E-state index in [2.05, 4.69) is 42.2 Å². The Bertz CT molecular complexity index is 940. The quantitative estimate of drug-likeness (QED) is 0.761. The Labute approximate surface area is 173 Å². The minimum atomic E-state index is -0.137. The van der Waals surface area contributed by atoms with Gasteiger partial charge in [0.05, 0.1) is 0 Å². The third-order valence-corrected chi connectivity index (χ3v) is 6.08. The molecule has 1 amide bonds. The Morgan fingerprint density at radius 2 is 1.93 bits per heavy atom. The molecule has 2 N–H and O–H groups in total. The molecule has 29 heavy (non-hydrogen) atoms. The molecule has 0 unspecified atom stereocenters. The number of pyridine rings is 1. The number of hydrogen-bond acceptors (Lipinski definition) is 3. The molecule has 156 valence electrons. The largest absolute Gasteiger partial charge is 0.371 e. The SMILES string of the molecule is Cc1cc(C)c(CNC(=O)c2cccc(N(C)C3CCCC3)c2C(C)C)c(=O)[nH]1. The molecule has 1 heterocycles. The number of anilines is 1. The normalized spacial score (nSPS) is 14.4. The molecule has 1 aliphatic carbocycles. The molecule has 0 saturated heterocycles. The summed E-state index contributed by atoms with van der Waals surface area (Å²) in [5.41, 5.74) is 5.11. The second-order valence-electron chi connectivity index (χ2n) is 8.57. The predicted octanol–water partition coefficient (Wildman–Crippen LogP) is 4.42. The van der Waals surface area contributed by atoms with Crippen LogP contribution in [0.2, 0.25) is 0 Å². The smallest absolute Gasteiger partial charge is 0.253 e. The molecular weight excluding hydrogens is 362 g/mol. The van der Waals surface area contributed by atoms with Gasteiger partial charge in [-0.2, -0.15) is 0 Å². The lowest BCUT2D eigenvalue weighted by atomic mass is 9.93. The van der Waals surface area contributed by atoms with Crippen molar-refractivity contribution in [3.05, 3.63) is 62.6 Å².